The number of carbonyl (C=O) groups is 3. The molecule has 1 aromatic rings. The molecule has 134 valence electrons. The molecule has 2 atom stereocenters. The predicted molar refractivity (Wildman–Crippen MR) is 92.4 cm³/mol. The van der Waals surface area contributed by atoms with Crippen molar-refractivity contribution in [1.82, 2.24) is 10.6 Å². The van der Waals surface area contributed by atoms with E-state index in [9.17, 15) is 14.4 Å². The molecule has 0 spiro atoms. The summed E-state index contributed by atoms with van der Waals surface area (Å²) in [6.45, 7) is 2.07. The zero-order valence-electron chi connectivity index (χ0n) is 13.8. The summed E-state index contributed by atoms with van der Waals surface area (Å²) in [6.07, 6.45) is 1.80. The summed E-state index contributed by atoms with van der Waals surface area (Å²) in [5, 5.41) is 17.2. The van der Waals surface area contributed by atoms with E-state index in [2.05, 4.69) is 15.7 Å². The SMILES string of the molecule is C[C@H](CC(=O)O)NC(=O)NC1CCN(c2ccc(C=NN)cc2)C1=O. The second kappa shape index (κ2) is 8.13. The second-order valence-electron chi connectivity index (χ2n) is 5.82. The Bertz CT molecular complexity index is 674. The molecule has 9 nitrogen and oxygen atoms in total. The van der Waals surface area contributed by atoms with Crippen LogP contribution in [0.1, 0.15) is 25.3 Å². The monoisotopic (exact) mass is 347 g/mol. The third-order valence-corrected chi connectivity index (χ3v) is 3.80. The highest BCUT2D eigenvalue weighted by atomic mass is 16.4. The zero-order valence-corrected chi connectivity index (χ0v) is 13.8. The first-order valence-corrected chi connectivity index (χ1v) is 7.84. The predicted octanol–water partition coefficient (Wildman–Crippen LogP) is 0.247. The Morgan fingerprint density at radius 2 is 2.12 bits per heavy atom. The standard InChI is InChI=1S/C16H21N5O4/c1-10(8-14(22)23)19-16(25)20-13-6-7-21(15(13)24)12-4-2-11(3-5-12)9-18-17/h2-5,9-10,13H,6-8,17H2,1H3,(H,22,23)(H2,19,20,25)/t10-,13?/m1/s1. The van der Waals surface area contributed by atoms with Crippen LogP contribution in [0.3, 0.4) is 0 Å². The number of aliphatic carboxylic acids is 1. The number of benzene rings is 1. The molecule has 25 heavy (non-hydrogen) atoms. The van der Waals surface area contributed by atoms with Crippen molar-refractivity contribution in [3.63, 3.8) is 0 Å². The molecule has 1 aliphatic rings. The highest BCUT2D eigenvalue weighted by molar-refractivity contribution is 6.01. The fraction of sp³-hybridized carbons (Fsp3) is 0.375. The fourth-order valence-electron chi connectivity index (χ4n) is 2.63. The first-order chi connectivity index (χ1) is 11.9. The van der Waals surface area contributed by atoms with Crippen LogP contribution >= 0.6 is 0 Å². The van der Waals surface area contributed by atoms with E-state index in [0.717, 1.165) is 11.3 Å². The Balaban J connectivity index is 1.92. The van der Waals surface area contributed by atoms with E-state index < -0.39 is 24.1 Å². The lowest BCUT2D eigenvalue weighted by atomic mass is 10.2. The number of hydrazone groups is 1. The minimum atomic E-state index is -1.00. The van der Waals surface area contributed by atoms with Crippen molar-refractivity contribution in [2.75, 3.05) is 11.4 Å². The van der Waals surface area contributed by atoms with Gasteiger partial charge in [0.05, 0.1) is 12.6 Å². The number of carboxylic acids is 1. The fourth-order valence-corrected chi connectivity index (χ4v) is 2.63. The van der Waals surface area contributed by atoms with Crippen LogP contribution in [0.4, 0.5) is 10.5 Å². The van der Waals surface area contributed by atoms with Gasteiger partial charge in [0.2, 0.25) is 5.91 Å². The molecule has 3 amide bonds. The van der Waals surface area contributed by atoms with Crippen molar-refractivity contribution in [3.8, 4) is 0 Å². The Labute approximate surface area is 144 Å². The van der Waals surface area contributed by atoms with Gasteiger partial charge in [-0.2, -0.15) is 5.10 Å². The summed E-state index contributed by atoms with van der Waals surface area (Å²) >= 11 is 0. The molecule has 1 aromatic carbocycles. The van der Waals surface area contributed by atoms with E-state index in [1.807, 2.05) is 0 Å². The van der Waals surface area contributed by atoms with Crippen LogP contribution in [0.5, 0.6) is 0 Å². The van der Waals surface area contributed by atoms with E-state index >= 15 is 0 Å². The van der Waals surface area contributed by atoms with Gasteiger partial charge in [0.15, 0.2) is 0 Å². The number of nitrogens with two attached hydrogens (primary N) is 1. The summed E-state index contributed by atoms with van der Waals surface area (Å²) < 4.78 is 0. The summed E-state index contributed by atoms with van der Waals surface area (Å²) in [5.41, 5.74) is 1.54. The van der Waals surface area contributed by atoms with Crippen LogP contribution in [0.15, 0.2) is 29.4 Å². The number of amides is 3. The number of hydrogen-bond donors (Lipinski definition) is 4. The largest absolute Gasteiger partial charge is 0.481 e. The lowest BCUT2D eigenvalue weighted by Crippen LogP contribution is -2.48. The molecule has 0 aromatic heterocycles. The van der Waals surface area contributed by atoms with E-state index in [1.54, 1.807) is 36.1 Å². The molecule has 0 radical (unpaired) electrons. The van der Waals surface area contributed by atoms with E-state index in [0.29, 0.717) is 13.0 Å². The minimum Gasteiger partial charge on any atom is -0.481 e. The molecule has 1 heterocycles. The van der Waals surface area contributed by atoms with Crippen molar-refractivity contribution in [1.29, 1.82) is 0 Å². The highest BCUT2D eigenvalue weighted by Crippen LogP contribution is 2.21. The second-order valence-corrected chi connectivity index (χ2v) is 5.82. The van der Waals surface area contributed by atoms with Gasteiger partial charge in [-0.25, -0.2) is 4.79 Å². The molecular formula is C16H21N5O4. The molecule has 0 saturated carbocycles. The number of carboxylic acid groups (broad SMARTS) is 1. The maximum absolute atomic E-state index is 12.5. The number of urea groups is 1. The summed E-state index contributed by atoms with van der Waals surface area (Å²) in [7, 11) is 0. The number of rotatable bonds is 6. The van der Waals surface area contributed by atoms with Crippen molar-refractivity contribution < 1.29 is 19.5 Å². The number of anilines is 1. The number of hydrogen-bond acceptors (Lipinski definition) is 5. The molecule has 0 aliphatic carbocycles. The van der Waals surface area contributed by atoms with Crippen LogP contribution in [0.25, 0.3) is 0 Å². The lowest BCUT2D eigenvalue weighted by molar-refractivity contribution is -0.137. The van der Waals surface area contributed by atoms with Crippen molar-refractivity contribution in [2.45, 2.75) is 31.8 Å². The Morgan fingerprint density at radius 3 is 2.72 bits per heavy atom. The van der Waals surface area contributed by atoms with Gasteiger partial charge in [0, 0.05) is 18.3 Å². The molecule has 1 saturated heterocycles. The van der Waals surface area contributed by atoms with Gasteiger partial charge < -0.3 is 26.5 Å². The first-order valence-electron chi connectivity index (χ1n) is 7.84. The Kier molecular flexibility index (Phi) is 5.93. The van der Waals surface area contributed by atoms with E-state index in [1.165, 1.54) is 6.21 Å². The number of carbonyl (C=O) groups excluding carboxylic acids is 2. The third kappa shape index (κ3) is 4.93. The highest BCUT2D eigenvalue weighted by Gasteiger charge is 2.33. The van der Waals surface area contributed by atoms with Gasteiger partial charge in [0.25, 0.3) is 0 Å². The average Bonchev–Trinajstić information content (AvgIpc) is 2.88. The average molecular weight is 347 g/mol. The van der Waals surface area contributed by atoms with Crippen LogP contribution in [-0.4, -0.2) is 47.9 Å². The molecule has 0 bridgehead atoms. The molecule has 1 unspecified atom stereocenters. The summed E-state index contributed by atoms with van der Waals surface area (Å²) in [6, 6.07) is 5.44. The summed E-state index contributed by atoms with van der Waals surface area (Å²) in [4.78, 5) is 36.5. The molecule has 1 fully saturated rings. The van der Waals surface area contributed by atoms with Crippen LogP contribution in [-0.2, 0) is 9.59 Å². The third-order valence-electron chi connectivity index (χ3n) is 3.80. The van der Waals surface area contributed by atoms with Crippen LogP contribution < -0.4 is 21.4 Å². The minimum absolute atomic E-state index is 0.184. The summed E-state index contributed by atoms with van der Waals surface area (Å²) in [5.74, 6) is 3.89. The topological polar surface area (TPSA) is 137 Å². The van der Waals surface area contributed by atoms with Crippen molar-refractivity contribution >= 4 is 29.8 Å². The quantitative estimate of drug-likeness (QED) is 0.332. The van der Waals surface area contributed by atoms with Crippen molar-refractivity contribution in [3.05, 3.63) is 29.8 Å². The smallest absolute Gasteiger partial charge is 0.315 e. The van der Waals surface area contributed by atoms with Gasteiger partial charge in [-0.05, 0) is 31.0 Å². The maximum atomic E-state index is 12.5. The Morgan fingerprint density at radius 1 is 1.44 bits per heavy atom. The number of nitrogens with one attached hydrogen (secondary N) is 2. The zero-order chi connectivity index (χ0) is 18.4. The van der Waals surface area contributed by atoms with Crippen LogP contribution in [0.2, 0.25) is 0 Å². The van der Waals surface area contributed by atoms with Gasteiger partial charge in [0.1, 0.15) is 6.04 Å². The normalized spacial score (nSPS) is 18.4. The molecule has 9 heteroatoms. The maximum Gasteiger partial charge on any atom is 0.315 e. The van der Waals surface area contributed by atoms with Gasteiger partial charge in [-0.15, -0.1) is 0 Å². The molecule has 1 aliphatic heterocycles. The molecule has 5 N–H and O–H groups in total. The van der Waals surface area contributed by atoms with Gasteiger partial charge in [-0.1, -0.05) is 12.1 Å². The molecular weight excluding hydrogens is 326 g/mol. The molecule has 2 rings (SSSR count). The van der Waals surface area contributed by atoms with E-state index in [-0.39, 0.29) is 12.3 Å². The first kappa shape index (κ1) is 18.2. The van der Waals surface area contributed by atoms with Crippen molar-refractivity contribution in [2.24, 2.45) is 10.9 Å². The van der Waals surface area contributed by atoms with Crippen LogP contribution in [0, 0.1) is 0 Å². The van der Waals surface area contributed by atoms with Gasteiger partial charge >= 0.3 is 12.0 Å². The van der Waals surface area contributed by atoms with Gasteiger partial charge in [-0.3, -0.25) is 9.59 Å². The lowest BCUT2D eigenvalue weighted by Gasteiger charge is -2.18. The van der Waals surface area contributed by atoms with E-state index in [4.69, 9.17) is 10.9 Å². The number of nitrogens with zero attached hydrogens (tertiary/aromatic N) is 2. The Hall–Kier alpha value is -3.10.